The predicted octanol–water partition coefficient (Wildman–Crippen LogP) is 5.84. The highest BCUT2D eigenvalue weighted by molar-refractivity contribution is 7.98. The van der Waals surface area contributed by atoms with Crippen LogP contribution in [0.15, 0.2) is 59.8 Å². The minimum Gasteiger partial charge on any atom is -0.495 e. The summed E-state index contributed by atoms with van der Waals surface area (Å²) in [5, 5.41) is 11.0. The van der Waals surface area contributed by atoms with E-state index in [9.17, 15) is 0 Å². The average molecular weight is 496 g/mol. The second-order valence-electron chi connectivity index (χ2n) is 7.74. The van der Waals surface area contributed by atoms with E-state index in [0.29, 0.717) is 45.2 Å². The number of rotatable bonds is 8. The van der Waals surface area contributed by atoms with E-state index in [1.54, 1.807) is 39.2 Å². The quantitative estimate of drug-likeness (QED) is 0.245. The molecule has 0 bridgehead atoms. The van der Waals surface area contributed by atoms with Gasteiger partial charge in [0.25, 0.3) is 0 Å². The molecule has 8 heteroatoms. The lowest BCUT2D eigenvalue weighted by Gasteiger charge is -2.17. The van der Waals surface area contributed by atoms with E-state index in [2.05, 4.69) is 19.1 Å². The van der Waals surface area contributed by atoms with Gasteiger partial charge in [-0.05, 0) is 41.8 Å². The first-order valence-corrected chi connectivity index (χ1v) is 12.0. The van der Waals surface area contributed by atoms with Crippen molar-refractivity contribution in [1.29, 1.82) is 5.41 Å². The fourth-order valence-corrected chi connectivity index (χ4v) is 5.08. The molecule has 176 valence electrons. The van der Waals surface area contributed by atoms with Gasteiger partial charge in [0.15, 0.2) is 16.7 Å². The maximum absolute atomic E-state index is 9.04. The molecule has 0 aliphatic heterocycles. The lowest BCUT2D eigenvalue weighted by atomic mass is 10.1. The second kappa shape index (κ2) is 10.4. The van der Waals surface area contributed by atoms with E-state index in [-0.39, 0.29) is 0 Å². The largest absolute Gasteiger partial charge is 0.495 e. The minimum absolute atomic E-state index is 0.338. The van der Waals surface area contributed by atoms with Crippen molar-refractivity contribution in [3.8, 4) is 17.2 Å². The molecule has 0 aliphatic rings. The molecule has 0 aliphatic carbocycles. The van der Waals surface area contributed by atoms with Gasteiger partial charge in [-0.3, -0.25) is 5.41 Å². The van der Waals surface area contributed by atoms with Crippen LogP contribution in [-0.4, -0.2) is 30.9 Å². The highest BCUT2D eigenvalue weighted by Gasteiger charge is 2.15. The summed E-state index contributed by atoms with van der Waals surface area (Å²) < 4.78 is 18.1. The molecular weight excluding hydrogens is 470 g/mol. The van der Waals surface area contributed by atoms with Gasteiger partial charge in [-0.1, -0.05) is 53.7 Å². The molecule has 0 atom stereocenters. The van der Waals surface area contributed by atoms with Gasteiger partial charge in [0.1, 0.15) is 11.2 Å². The van der Waals surface area contributed by atoms with Crippen LogP contribution in [0.2, 0.25) is 5.02 Å². The number of nitrogens with zero attached hydrogens (tertiary/aromatic N) is 2. The first kappa shape index (κ1) is 24.0. The maximum atomic E-state index is 9.04. The Hall–Kier alpha value is -3.16. The van der Waals surface area contributed by atoms with Crippen LogP contribution in [0.3, 0.4) is 0 Å². The summed E-state index contributed by atoms with van der Waals surface area (Å²) in [5.41, 5.74) is 4.42. The highest BCUT2D eigenvalue weighted by Crippen LogP contribution is 2.32. The van der Waals surface area contributed by atoms with Gasteiger partial charge in [-0.15, -0.1) is 0 Å². The fraction of sp³-hybridized carbons (Fsp3) is 0.231. The number of aryl methyl sites for hydroxylation is 1. The Morgan fingerprint density at radius 2 is 1.65 bits per heavy atom. The van der Waals surface area contributed by atoms with Crippen molar-refractivity contribution in [2.45, 2.75) is 24.4 Å². The Labute approximate surface area is 208 Å². The molecule has 0 amide bonds. The summed E-state index contributed by atoms with van der Waals surface area (Å²) in [6.45, 7) is 2.54. The summed E-state index contributed by atoms with van der Waals surface area (Å²) in [6.07, 6.45) is 0. The van der Waals surface area contributed by atoms with Gasteiger partial charge < -0.3 is 18.8 Å². The van der Waals surface area contributed by atoms with Crippen molar-refractivity contribution in [2.24, 2.45) is 0 Å². The molecule has 1 N–H and O–H groups in total. The number of halogens is 1. The van der Waals surface area contributed by atoms with Gasteiger partial charge in [0.2, 0.25) is 0 Å². The second-order valence-corrected chi connectivity index (χ2v) is 9.09. The van der Waals surface area contributed by atoms with Crippen LogP contribution in [0.25, 0.3) is 10.9 Å². The Kier molecular flexibility index (Phi) is 7.34. The van der Waals surface area contributed by atoms with E-state index in [1.165, 1.54) is 11.1 Å². The Bertz CT molecular complexity index is 1400. The van der Waals surface area contributed by atoms with Crippen LogP contribution in [-0.2, 0) is 12.3 Å². The van der Waals surface area contributed by atoms with Crippen LogP contribution < -0.4 is 19.7 Å². The predicted molar refractivity (Wildman–Crippen MR) is 137 cm³/mol. The molecule has 0 spiro atoms. The summed E-state index contributed by atoms with van der Waals surface area (Å²) in [7, 11) is 4.77. The third kappa shape index (κ3) is 4.86. The molecule has 3 aromatic carbocycles. The molecule has 4 rings (SSSR count). The van der Waals surface area contributed by atoms with Crippen LogP contribution in [0.1, 0.15) is 16.7 Å². The molecule has 0 saturated carbocycles. The van der Waals surface area contributed by atoms with E-state index in [4.69, 9.17) is 36.2 Å². The molecule has 0 saturated heterocycles. The molecule has 4 aromatic rings. The molecule has 0 unspecified atom stereocenters. The Morgan fingerprint density at radius 1 is 0.941 bits per heavy atom. The fourth-order valence-electron chi connectivity index (χ4n) is 3.72. The number of methoxy groups -OCH3 is 3. The lowest BCUT2D eigenvalue weighted by Crippen LogP contribution is -2.24. The normalized spacial score (nSPS) is 11.0. The molecule has 34 heavy (non-hydrogen) atoms. The molecule has 1 aromatic heterocycles. The summed E-state index contributed by atoms with van der Waals surface area (Å²) in [4.78, 5) is 4.93. The Morgan fingerprint density at radius 3 is 2.32 bits per heavy atom. The van der Waals surface area contributed by atoms with Gasteiger partial charge in [0, 0.05) is 17.2 Å². The van der Waals surface area contributed by atoms with E-state index >= 15 is 0 Å². The summed E-state index contributed by atoms with van der Waals surface area (Å²) >= 11 is 7.97. The molecule has 6 nitrogen and oxygen atoms in total. The van der Waals surface area contributed by atoms with E-state index < -0.39 is 0 Å². The zero-order valence-electron chi connectivity index (χ0n) is 19.5. The highest BCUT2D eigenvalue weighted by atomic mass is 35.5. The average Bonchev–Trinajstić information content (AvgIpc) is 2.85. The van der Waals surface area contributed by atoms with Crippen molar-refractivity contribution in [1.82, 2.24) is 9.55 Å². The van der Waals surface area contributed by atoms with Crippen LogP contribution in [0.5, 0.6) is 17.2 Å². The summed E-state index contributed by atoms with van der Waals surface area (Å²) in [5.74, 6) is 2.49. The van der Waals surface area contributed by atoms with Gasteiger partial charge >= 0.3 is 0 Å². The zero-order chi connectivity index (χ0) is 24.2. The first-order chi connectivity index (χ1) is 16.4. The van der Waals surface area contributed by atoms with Gasteiger partial charge in [0.05, 0.1) is 38.4 Å². The van der Waals surface area contributed by atoms with Crippen LogP contribution >= 0.6 is 23.4 Å². The number of aromatic nitrogens is 2. The van der Waals surface area contributed by atoms with Crippen molar-refractivity contribution in [3.05, 3.63) is 81.8 Å². The SMILES string of the molecule is COc1ccc(Cn2c(SCc3ccccc3C)nc3cc(OC)c(OC)cc3c2=N)cc1Cl. The smallest absolute Gasteiger partial charge is 0.170 e. The molecular formula is C26H26ClN3O3S. The lowest BCUT2D eigenvalue weighted by molar-refractivity contribution is 0.355. The van der Waals surface area contributed by atoms with Crippen LogP contribution in [0, 0.1) is 12.3 Å². The van der Waals surface area contributed by atoms with E-state index in [1.807, 2.05) is 41.0 Å². The number of ether oxygens (including phenoxy) is 3. The monoisotopic (exact) mass is 495 g/mol. The molecule has 0 radical (unpaired) electrons. The van der Waals surface area contributed by atoms with Crippen molar-refractivity contribution >= 4 is 34.3 Å². The standard InChI is InChI=1S/C26H26ClN3O3S/c1-16-7-5-6-8-18(16)15-34-26-29-21-13-24(33-4)23(32-3)12-19(21)25(28)30(26)14-17-9-10-22(31-2)20(27)11-17/h5-13,28H,14-15H2,1-4H3. The number of benzene rings is 3. The Balaban J connectivity index is 1.83. The van der Waals surface area contributed by atoms with Crippen molar-refractivity contribution in [2.75, 3.05) is 21.3 Å². The third-order valence-electron chi connectivity index (χ3n) is 5.65. The topological polar surface area (TPSA) is 69.4 Å². The number of hydrogen-bond donors (Lipinski definition) is 1. The third-order valence-corrected chi connectivity index (χ3v) is 6.97. The van der Waals surface area contributed by atoms with Gasteiger partial charge in [-0.2, -0.15) is 0 Å². The van der Waals surface area contributed by atoms with Crippen molar-refractivity contribution in [3.63, 3.8) is 0 Å². The first-order valence-electron chi connectivity index (χ1n) is 10.7. The zero-order valence-corrected chi connectivity index (χ0v) is 21.1. The molecule has 0 fully saturated rings. The summed E-state index contributed by atoms with van der Waals surface area (Å²) in [6, 6.07) is 17.6. The van der Waals surface area contributed by atoms with Crippen LogP contribution in [0.4, 0.5) is 0 Å². The van der Waals surface area contributed by atoms with Crippen molar-refractivity contribution < 1.29 is 14.2 Å². The van der Waals surface area contributed by atoms with E-state index in [0.717, 1.165) is 16.5 Å². The number of nitrogens with one attached hydrogen (secondary N) is 1. The number of hydrogen-bond acceptors (Lipinski definition) is 6. The minimum atomic E-state index is 0.338. The molecule has 1 heterocycles. The number of fused-ring (bicyclic) bond motifs is 1. The maximum Gasteiger partial charge on any atom is 0.170 e. The van der Waals surface area contributed by atoms with Gasteiger partial charge in [-0.25, -0.2) is 4.98 Å². The number of thioether (sulfide) groups is 1.